The average molecular weight is 387 g/mol. The van der Waals surface area contributed by atoms with Crippen LogP contribution in [-0.2, 0) is 16.6 Å². The van der Waals surface area contributed by atoms with Gasteiger partial charge in [-0.15, -0.1) is 0 Å². The number of hydrogen-bond donors (Lipinski definition) is 2. The molecule has 0 amide bonds. The molecule has 0 atom stereocenters. The fraction of sp³-hybridized carbons (Fsp3) is 0.444. The van der Waals surface area contributed by atoms with Crippen molar-refractivity contribution in [2.75, 3.05) is 12.3 Å². The molecule has 3 N–H and O–H groups in total. The normalized spacial score (nSPS) is 11.7. The molecule has 0 aliphatic rings. The Kier molecular flexibility index (Phi) is 6.01. The SMILES string of the molecule is NS(=O)(=O)CCCNCc1ncc(Br)cc1Br. The van der Waals surface area contributed by atoms with Gasteiger partial charge >= 0.3 is 0 Å². The molecule has 5 nitrogen and oxygen atoms in total. The van der Waals surface area contributed by atoms with Gasteiger partial charge in [0, 0.05) is 21.7 Å². The Morgan fingerprint density at radius 1 is 1.41 bits per heavy atom. The number of pyridine rings is 1. The maximum atomic E-state index is 10.7. The van der Waals surface area contributed by atoms with E-state index in [1.807, 2.05) is 6.07 Å². The van der Waals surface area contributed by atoms with E-state index in [4.69, 9.17) is 5.14 Å². The van der Waals surface area contributed by atoms with Crippen LogP contribution in [0.25, 0.3) is 0 Å². The zero-order valence-corrected chi connectivity index (χ0v) is 13.0. The number of nitrogens with one attached hydrogen (secondary N) is 1. The Morgan fingerprint density at radius 3 is 2.71 bits per heavy atom. The first kappa shape index (κ1) is 15.0. The van der Waals surface area contributed by atoms with Crippen molar-refractivity contribution in [2.45, 2.75) is 13.0 Å². The van der Waals surface area contributed by atoms with Crippen LogP contribution in [0.15, 0.2) is 21.2 Å². The number of aromatic nitrogens is 1. The molecule has 0 aliphatic heterocycles. The summed E-state index contributed by atoms with van der Waals surface area (Å²) in [6.45, 7) is 1.17. The second-order valence-corrected chi connectivity index (χ2v) is 6.98. The van der Waals surface area contributed by atoms with Crippen molar-refractivity contribution in [1.29, 1.82) is 0 Å². The molecule has 0 fully saturated rings. The van der Waals surface area contributed by atoms with Gasteiger partial charge in [0.1, 0.15) is 0 Å². The van der Waals surface area contributed by atoms with Gasteiger partial charge in [-0.3, -0.25) is 4.98 Å². The number of primary sulfonamides is 1. The summed E-state index contributed by atoms with van der Waals surface area (Å²) >= 11 is 6.72. The van der Waals surface area contributed by atoms with Crippen molar-refractivity contribution in [2.24, 2.45) is 5.14 Å². The lowest BCUT2D eigenvalue weighted by Gasteiger charge is -2.06. The zero-order chi connectivity index (χ0) is 12.9. The molecule has 1 aromatic rings. The van der Waals surface area contributed by atoms with E-state index in [9.17, 15) is 8.42 Å². The second-order valence-electron chi connectivity index (χ2n) is 3.48. The summed E-state index contributed by atoms with van der Waals surface area (Å²) in [7, 11) is -3.35. The Bertz CT molecular complexity index is 479. The molecule has 96 valence electrons. The number of nitrogens with zero attached hydrogens (tertiary/aromatic N) is 1. The van der Waals surface area contributed by atoms with E-state index in [2.05, 4.69) is 42.2 Å². The highest BCUT2D eigenvalue weighted by Gasteiger charge is 2.03. The first-order chi connectivity index (χ1) is 7.88. The van der Waals surface area contributed by atoms with Crippen molar-refractivity contribution in [3.05, 3.63) is 26.9 Å². The Labute approximate surface area is 117 Å². The van der Waals surface area contributed by atoms with E-state index < -0.39 is 10.0 Å². The van der Waals surface area contributed by atoms with E-state index in [0.29, 0.717) is 19.5 Å². The van der Waals surface area contributed by atoms with Gasteiger partial charge in [-0.1, -0.05) is 0 Å². The number of sulfonamides is 1. The van der Waals surface area contributed by atoms with Crippen molar-refractivity contribution in [3.8, 4) is 0 Å². The molecule has 8 heteroatoms. The highest BCUT2D eigenvalue weighted by Crippen LogP contribution is 2.19. The van der Waals surface area contributed by atoms with Crippen LogP contribution >= 0.6 is 31.9 Å². The lowest BCUT2D eigenvalue weighted by molar-refractivity contribution is 0.589. The maximum absolute atomic E-state index is 10.7. The molecule has 0 aromatic carbocycles. The summed E-state index contributed by atoms with van der Waals surface area (Å²) < 4.78 is 23.2. The molecular formula is C9H13Br2N3O2S. The largest absolute Gasteiger partial charge is 0.311 e. The molecule has 0 saturated heterocycles. The third kappa shape index (κ3) is 6.46. The topological polar surface area (TPSA) is 85.1 Å². The molecule has 1 aromatic heterocycles. The lowest BCUT2D eigenvalue weighted by atomic mass is 10.3. The summed E-state index contributed by atoms with van der Waals surface area (Å²) in [5, 5.41) is 8.00. The molecule has 1 rings (SSSR count). The minimum absolute atomic E-state index is 0.00502. The van der Waals surface area contributed by atoms with Crippen LogP contribution in [0.3, 0.4) is 0 Å². The van der Waals surface area contributed by atoms with Crippen LogP contribution in [0.4, 0.5) is 0 Å². The summed E-state index contributed by atoms with van der Waals surface area (Å²) in [6.07, 6.45) is 2.21. The number of halogens is 2. The van der Waals surface area contributed by atoms with E-state index in [1.165, 1.54) is 0 Å². The molecule has 0 radical (unpaired) electrons. The third-order valence-electron chi connectivity index (χ3n) is 1.96. The molecule has 0 bridgehead atoms. The predicted molar refractivity (Wildman–Crippen MR) is 73.9 cm³/mol. The van der Waals surface area contributed by atoms with Crippen LogP contribution < -0.4 is 10.5 Å². The van der Waals surface area contributed by atoms with Crippen molar-refractivity contribution < 1.29 is 8.42 Å². The molecular weight excluding hydrogens is 374 g/mol. The minimum Gasteiger partial charge on any atom is -0.311 e. The molecule has 0 aliphatic carbocycles. The zero-order valence-electron chi connectivity index (χ0n) is 8.99. The van der Waals surface area contributed by atoms with E-state index in [0.717, 1.165) is 14.6 Å². The first-order valence-electron chi connectivity index (χ1n) is 4.89. The maximum Gasteiger partial charge on any atom is 0.209 e. The van der Waals surface area contributed by atoms with Gasteiger partial charge in [0.05, 0.1) is 11.4 Å². The lowest BCUT2D eigenvalue weighted by Crippen LogP contribution is -2.22. The highest BCUT2D eigenvalue weighted by atomic mass is 79.9. The Hall–Kier alpha value is -0.0200. The molecule has 0 saturated carbocycles. The number of nitrogens with two attached hydrogens (primary N) is 1. The standard InChI is InChI=1S/C9H13Br2N3O2S/c10-7-4-8(11)9(14-5-7)6-13-2-1-3-17(12,15)16/h4-5,13H,1-3,6H2,(H2,12,15,16). The van der Waals surface area contributed by atoms with E-state index in [1.54, 1.807) is 6.20 Å². The minimum atomic E-state index is -3.35. The summed E-state index contributed by atoms with van der Waals surface area (Å²) in [5.41, 5.74) is 0.879. The summed E-state index contributed by atoms with van der Waals surface area (Å²) in [5.74, 6) is -0.00502. The predicted octanol–water partition coefficient (Wildman–Crippen LogP) is 1.37. The van der Waals surface area contributed by atoms with Crippen LogP contribution in [0, 0.1) is 0 Å². The fourth-order valence-corrected chi connectivity index (χ4v) is 2.85. The van der Waals surface area contributed by atoms with Gasteiger partial charge in [0.25, 0.3) is 0 Å². The second kappa shape index (κ2) is 6.79. The van der Waals surface area contributed by atoms with Gasteiger partial charge in [0.15, 0.2) is 0 Å². The fourth-order valence-electron chi connectivity index (χ4n) is 1.18. The van der Waals surface area contributed by atoms with Gasteiger partial charge in [-0.2, -0.15) is 0 Å². The number of rotatable bonds is 6. The Morgan fingerprint density at radius 2 is 2.12 bits per heavy atom. The van der Waals surface area contributed by atoms with E-state index >= 15 is 0 Å². The molecule has 0 unspecified atom stereocenters. The Balaban J connectivity index is 2.32. The highest BCUT2D eigenvalue weighted by molar-refractivity contribution is 9.11. The van der Waals surface area contributed by atoms with Crippen LogP contribution in [0.5, 0.6) is 0 Å². The van der Waals surface area contributed by atoms with Gasteiger partial charge in [-0.05, 0) is 50.9 Å². The van der Waals surface area contributed by atoms with Crippen LogP contribution in [0.2, 0.25) is 0 Å². The average Bonchev–Trinajstić information content (AvgIpc) is 2.18. The third-order valence-corrected chi connectivity index (χ3v) is 3.94. The molecule has 0 spiro atoms. The molecule has 1 heterocycles. The smallest absolute Gasteiger partial charge is 0.209 e. The quantitative estimate of drug-likeness (QED) is 0.723. The van der Waals surface area contributed by atoms with Crippen molar-refractivity contribution >= 4 is 41.9 Å². The van der Waals surface area contributed by atoms with Crippen molar-refractivity contribution in [3.63, 3.8) is 0 Å². The summed E-state index contributed by atoms with van der Waals surface area (Å²) in [6, 6.07) is 1.91. The van der Waals surface area contributed by atoms with Gasteiger partial charge < -0.3 is 5.32 Å². The van der Waals surface area contributed by atoms with E-state index in [-0.39, 0.29) is 5.75 Å². The van der Waals surface area contributed by atoms with Crippen LogP contribution in [-0.4, -0.2) is 25.7 Å². The molecule has 17 heavy (non-hydrogen) atoms. The van der Waals surface area contributed by atoms with Gasteiger partial charge in [0.2, 0.25) is 10.0 Å². The summed E-state index contributed by atoms with van der Waals surface area (Å²) in [4.78, 5) is 4.23. The van der Waals surface area contributed by atoms with Gasteiger partial charge in [-0.25, -0.2) is 13.6 Å². The van der Waals surface area contributed by atoms with Crippen LogP contribution in [0.1, 0.15) is 12.1 Å². The monoisotopic (exact) mass is 385 g/mol. The number of hydrogen-bond acceptors (Lipinski definition) is 4. The first-order valence-corrected chi connectivity index (χ1v) is 8.20. The van der Waals surface area contributed by atoms with Crippen molar-refractivity contribution in [1.82, 2.24) is 10.3 Å².